The summed E-state index contributed by atoms with van der Waals surface area (Å²) in [6, 6.07) is 19.2. The molecule has 0 fully saturated rings. The van der Waals surface area contributed by atoms with E-state index in [-0.39, 0.29) is 4.90 Å². The lowest BCUT2D eigenvalue weighted by Gasteiger charge is -2.17. The molecule has 0 amide bonds. The Morgan fingerprint density at radius 3 is 2.37 bits per heavy atom. The summed E-state index contributed by atoms with van der Waals surface area (Å²) in [5.41, 5.74) is 1.99. The van der Waals surface area contributed by atoms with Crippen molar-refractivity contribution in [2.45, 2.75) is 17.2 Å². The van der Waals surface area contributed by atoms with Crippen LogP contribution >= 0.6 is 0 Å². The van der Waals surface area contributed by atoms with Gasteiger partial charge in [-0.25, -0.2) is 18.4 Å². The van der Waals surface area contributed by atoms with E-state index >= 15 is 0 Å². The Kier molecular flexibility index (Phi) is 5.49. The first-order chi connectivity index (χ1) is 14.5. The second-order valence-corrected chi connectivity index (χ2v) is 8.83. The number of hydrogen-bond acceptors (Lipinski definition) is 7. The average Bonchev–Trinajstić information content (AvgIpc) is 2.80. The highest BCUT2D eigenvalue weighted by atomic mass is 32.2. The molecule has 0 radical (unpaired) electrons. The molecule has 0 bridgehead atoms. The average molecular weight is 417 g/mol. The largest absolute Gasteiger partial charge is 0.354 e. The van der Waals surface area contributed by atoms with Gasteiger partial charge in [-0.15, -0.1) is 0 Å². The van der Waals surface area contributed by atoms with E-state index in [1.54, 1.807) is 68.0 Å². The number of hydrogen-bond donors (Lipinski definition) is 1. The van der Waals surface area contributed by atoms with E-state index in [1.165, 1.54) is 0 Å². The van der Waals surface area contributed by atoms with Gasteiger partial charge in [-0.2, -0.15) is 0 Å². The van der Waals surface area contributed by atoms with Crippen molar-refractivity contribution in [1.82, 2.24) is 19.9 Å². The summed E-state index contributed by atoms with van der Waals surface area (Å²) in [6.07, 6.45) is 5.03. The number of anilines is 1. The number of benzene rings is 1. The van der Waals surface area contributed by atoms with Crippen molar-refractivity contribution in [2.75, 3.05) is 5.32 Å². The second-order valence-electron chi connectivity index (χ2n) is 6.56. The summed E-state index contributed by atoms with van der Waals surface area (Å²) >= 11 is 0. The molecule has 1 aromatic carbocycles. The van der Waals surface area contributed by atoms with Gasteiger partial charge in [0.2, 0.25) is 0 Å². The van der Waals surface area contributed by atoms with Crippen molar-refractivity contribution >= 4 is 15.7 Å². The fraction of sp³-hybridized carbons (Fsp3) is 0.0909. The summed E-state index contributed by atoms with van der Waals surface area (Å²) in [6.45, 7) is 1.59. The Morgan fingerprint density at radius 1 is 0.867 bits per heavy atom. The summed E-state index contributed by atoms with van der Waals surface area (Å²) < 4.78 is 25.8. The van der Waals surface area contributed by atoms with Gasteiger partial charge in [0.25, 0.3) is 0 Å². The predicted octanol–water partition coefficient (Wildman–Crippen LogP) is 3.83. The third-order valence-corrected chi connectivity index (χ3v) is 6.44. The zero-order valence-corrected chi connectivity index (χ0v) is 17.0. The van der Waals surface area contributed by atoms with Crippen LogP contribution in [0.1, 0.15) is 6.92 Å². The molecule has 1 atom stereocenters. The van der Waals surface area contributed by atoms with E-state index in [9.17, 15) is 8.42 Å². The Bertz CT molecular complexity index is 1180. The summed E-state index contributed by atoms with van der Waals surface area (Å²) in [7, 11) is -3.59. The smallest absolute Gasteiger partial charge is 0.198 e. The van der Waals surface area contributed by atoms with Gasteiger partial charge in [0.15, 0.2) is 15.7 Å². The van der Waals surface area contributed by atoms with Crippen LogP contribution in [0.25, 0.3) is 22.8 Å². The SMILES string of the molecule is CC(Nc1cc(-c2cccnc2)nc(-c2ccccn2)n1)S(=O)(=O)c1ccccc1. The second kappa shape index (κ2) is 8.38. The number of rotatable bonds is 6. The minimum atomic E-state index is -3.59. The van der Waals surface area contributed by atoms with Gasteiger partial charge in [-0.3, -0.25) is 9.97 Å². The van der Waals surface area contributed by atoms with Crippen LogP contribution in [-0.4, -0.2) is 33.7 Å². The van der Waals surface area contributed by atoms with E-state index in [2.05, 4.69) is 25.3 Å². The van der Waals surface area contributed by atoms with Gasteiger partial charge in [0, 0.05) is 30.2 Å². The van der Waals surface area contributed by atoms with Gasteiger partial charge in [0.1, 0.15) is 16.9 Å². The number of nitrogens with one attached hydrogen (secondary N) is 1. The van der Waals surface area contributed by atoms with Crippen LogP contribution in [0.15, 0.2) is 90.2 Å². The fourth-order valence-electron chi connectivity index (χ4n) is 2.89. The quantitative estimate of drug-likeness (QED) is 0.509. The molecule has 0 aliphatic carbocycles. The molecule has 30 heavy (non-hydrogen) atoms. The Morgan fingerprint density at radius 2 is 1.67 bits per heavy atom. The molecule has 0 spiro atoms. The van der Waals surface area contributed by atoms with Gasteiger partial charge in [0.05, 0.1) is 10.6 Å². The van der Waals surface area contributed by atoms with Gasteiger partial charge >= 0.3 is 0 Å². The maximum atomic E-state index is 12.9. The molecule has 8 heteroatoms. The van der Waals surface area contributed by atoms with Crippen LogP contribution in [0.5, 0.6) is 0 Å². The highest BCUT2D eigenvalue weighted by molar-refractivity contribution is 7.92. The molecular formula is C22H19N5O2S. The Hall–Kier alpha value is -3.65. The van der Waals surface area contributed by atoms with Crippen LogP contribution in [0, 0.1) is 0 Å². The number of sulfone groups is 1. The van der Waals surface area contributed by atoms with Crippen molar-refractivity contribution in [3.05, 3.63) is 85.3 Å². The Balaban J connectivity index is 1.74. The third-order valence-electron chi connectivity index (χ3n) is 4.47. The van der Waals surface area contributed by atoms with Gasteiger partial charge in [-0.1, -0.05) is 24.3 Å². The van der Waals surface area contributed by atoms with Crippen LogP contribution in [0.3, 0.4) is 0 Å². The standard InChI is InChI=1S/C22H19N5O2S/c1-16(30(28,29)18-9-3-2-4-10-18)25-21-14-20(17-8-7-12-23-15-17)26-22(27-21)19-11-5-6-13-24-19/h2-16H,1H3,(H,25,26,27). The number of nitrogens with zero attached hydrogens (tertiary/aromatic N) is 4. The van der Waals surface area contributed by atoms with E-state index in [4.69, 9.17) is 0 Å². The minimum Gasteiger partial charge on any atom is -0.354 e. The predicted molar refractivity (Wildman–Crippen MR) is 115 cm³/mol. The van der Waals surface area contributed by atoms with Crippen molar-refractivity contribution in [3.63, 3.8) is 0 Å². The van der Waals surface area contributed by atoms with E-state index in [1.807, 2.05) is 24.3 Å². The van der Waals surface area contributed by atoms with Crippen LogP contribution in [-0.2, 0) is 9.84 Å². The van der Waals surface area contributed by atoms with Crippen molar-refractivity contribution < 1.29 is 8.42 Å². The lowest BCUT2D eigenvalue weighted by molar-refractivity contribution is 0.588. The fourth-order valence-corrected chi connectivity index (χ4v) is 4.11. The first-order valence-electron chi connectivity index (χ1n) is 9.30. The van der Waals surface area contributed by atoms with E-state index in [0.717, 1.165) is 5.56 Å². The van der Waals surface area contributed by atoms with Crippen LogP contribution < -0.4 is 5.32 Å². The molecule has 3 heterocycles. The molecule has 0 aliphatic heterocycles. The number of pyridine rings is 2. The van der Waals surface area contributed by atoms with E-state index < -0.39 is 15.2 Å². The molecule has 4 aromatic rings. The maximum Gasteiger partial charge on any atom is 0.198 e. The van der Waals surface area contributed by atoms with Gasteiger partial charge in [-0.05, 0) is 43.3 Å². The molecule has 3 aromatic heterocycles. The molecular weight excluding hydrogens is 398 g/mol. The van der Waals surface area contributed by atoms with Crippen LogP contribution in [0.4, 0.5) is 5.82 Å². The summed E-state index contributed by atoms with van der Waals surface area (Å²) in [5.74, 6) is 0.778. The first-order valence-corrected chi connectivity index (χ1v) is 10.8. The minimum absolute atomic E-state index is 0.247. The molecule has 150 valence electrons. The highest BCUT2D eigenvalue weighted by Crippen LogP contribution is 2.24. The first kappa shape index (κ1) is 19.7. The monoisotopic (exact) mass is 417 g/mol. The van der Waals surface area contributed by atoms with Crippen molar-refractivity contribution in [1.29, 1.82) is 0 Å². The molecule has 4 rings (SSSR count). The normalized spacial score (nSPS) is 12.3. The topological polar surface area (TPSA) is 97.7 Å². The Labute approximate surface area is 174 Å². The van der Waals surface area contributed by atoms with E-state index in [0.29, 0.717) is 23.0 Å². The molecule has 0 saturated heterocycles. The maximum absolute atomic E-state index is 12.9. The number of aromatic nitrogens is 4. The van der Waals surface area contributed by atoms with Crippen molar-refractivity contribution in [3.8, 4) is 22.8 Å². The molecule has 7 nitrogen and oxygen atoms in total. The molecule has 0 saturated carbocycles. The van der Waals surface area contributed by atoms with Crippen molar-refractivity contribution in [2.24, 2.45) is 0 Å². The highest BCUT2D eigenvalue weighted by Gasteiger charge is 2.24. The molecule has 1 unspecified atom stereocenters. The van der Waals surface area contributed by atoms with Crippen LogP contribution in [0.2, 0.25) is 0 Å². The zero-order chi connectivity index (χ0) is 21.0. The lowest BCUT2D eigenvalue weighted by Crippen LogP contribution is -2.27. The zero-order valence-electron chi connectivity index (χ0n) is 16.2. The summed E-state index contributed by atoms with van der Waals surface area (Å²) in [5, 5.41) is 2.12. The van der Waals surface area contributed by atoms with Gasteiger partial charge < -0.3 is 5.32 Å². The summed E-state index contributed by atoms with van der Waals surface area (Å²) in [4.78, 5) is 17.8. The third kappa shape index (κ3) is 4.18. The molecule has 0 aliphatic rings. The lowest BCUT2D eigenvalue weighted by atomic mass is 10.2. The molecule has 1 N–H and O–H groups in total.